The summed E-state index contributed by atoms with van der Waals surface area (Å²) in [6.45, 7) is 6.85. The molecule has 0 bridgehead atoms. The van der Waals surface area contributed by atoms with Gasteiger partial charge in [-0.1, -0.05) is 33.6 Å². The molecule has 0 spiro atoms. The normalized spacial score (nSPS) is 19.3. The average Bonchev–Trinajstić information content (AvgIpc) is 3.59. The first-order valence-electron chi connectivity index (χ1n) is 12.8. The molecule has 3 amide bonds. The first-order chi connectivity index (χ1) is 17.9. The number of urea groups is 1. The van der Waals surface area contributed by atoms with Crippen LogP contribution < -0.4 is 10.1 Å². The summed E-state index contributed by atoms with van der Waals surface area (Å²) in [6.07, 6.45) is 2.93. The van der Waals surface area contributed by atoms with Crippen LogP contribution in [0.15, 0.2) is 40.9 Å². The van der Waals surface area contributed by atoms with E-state index in [1.807, 2.05) is 32.9 Å². The van der Waals surface area contributed by atoms with Crippen LogP contribution in [0.5, 0.6) is 11.5 Å². The SMILES string of the molecule is CN(Cc1ccc(Br)cc1Oc1ccc(F)c(Cl)c1)C(=O)NCC1C(C2CC2)CCN1C(=O)OC(C)(C)C. The van der Waals surface area contributed by atoms with E-state index >= 15 is 0 Å². The van der Waals surface area contributed by atoms with E-state index in [0.717, 1.165) is 16.5 Å². The zero-order chi connectivity index (χ0) is 27.6. The lowest BCUT2D eigenvalue weighted by molar-refractivity contribution is 0.0204. The Labute approximate surface area is 236 Å². The fourth-order valence-corrected chi connectivity index (χ4v) is 5.35. The van der Waals surface area contributed by atoms with E-state index in [0.29, 0.717) is 36.4 Å². The van der Waals surface area contributed by atoms with Gasteiger partial charge in [0.05, 0.1) is 17.6 Å². The Bertz CT molecular complexity index is 1190. The molecule has 2 aliphatic rings. The highest BCUT2D eigenvalue weighted by Crippen LogP contribution is 2.44. The lowest BCUT2D eigenvalue weighted by Gasteiger charge is -2.31. The number of rotatable bonds is 7. The van der Waals surface area contributed by atoms with Crippen LogP contribution in [0.1, 0.15) is 45.6 Å². The third-order valence-electron chi connectivity index (χ3n) is 6.82. The van der Waals surface area contributed by atoms with Gasteiger partial charge in [-0.2, -0.15) is 0 Å². The first-order valence-corrected chi connectivity index (χ1v) is 14.0. The molecule has 10 heteroatoms. The molecule has 2 aromatic carbocycles. The van der Waals surface area contributed by atoms with Crippen molar-refractivity contribution in [1.82, 2.24) is 15.1 Å². The van der Waals surface area contributed by atoms with E-state index in [4.69, 9.17) is 21.1 Å². The predicted octanol–water partition coefficient (Wildman–Crippen LogP) is 7.21. The topological polar surface area (TPSA) is 71.1 Å². The predicted molar refractivity (Wildman–Crippen MR) is 148 cm³/mol. The Morgan fingerprint density at radius 2 is 1.92 bits per heavy atom. The van der Waals surface area contributed by atoms with Gasteiger partial charge in [-0.05, 0) is 76.1 Å². The largest absolute Gasteiger partial charge is 0.457 e. The number of nitrogens with one attached hydrogen (secondary N) is 1. The maximum absolute atomic E-state index is 13.6. The van der Waals surface area contributed by atoms with Crippen molar-refractivity contribution in [3.05, 3.63) is 57.3 Å². The molecule has 4 rings (SSSR count). The molecule has 1 heterocycles. The number of carbonyl (C=O) groups excluding carboxylic acids is 2. The monoisotopic (exact) mass is 609 g/mol. The van der Waals surface area contributed by atoms with Gasteiger partial charge in [0.1, 0.15) is 22.9 Å². The van der Waals surface area contributed by atoms with Crippen molar-refractivity contribution in [3.8, 4) is 11.5 Å². The quantitative estimate of drug-likeness (QED) is 0.360. The number of hydrogen-bond acceptors (Lipinski definition) is 4. The highest BCUT2D eigenvalue weighted by atomic mass is 79.9. The van der Waals surface area contributed by atoms with Crippen LogP contribution in [0.25, 0.3) is 0 Å². The lowest BCUT2D eigenvalue weighted by atomic mass is 9.95. The molecule has 1 saturated heterocycles. The molecule has 0 aromatic heterocycles. The van der Waals surface area contributed by atoms with Gasteiger partial charge >= 0.3 is 12.1 Å². The fourth-order valence-electron chi connectivity index (χ4n) is 4.84. The minimum absolute atomic E-state index is 0.0348. The maximum Gasteiger partial charge on any atom is 0.410 e. The fraction of sp³-hybridized carbons (Fsp3) is 0.500. The highest BCUT2D eigenvalue weighted by molar-refractivity contribution is 9.10. The number of benzene rings is 2. The van der Waals surface area contributed by atoms with Crippen LogP contribution >= 0.6 is 27.5 Å². The molecule has 0 radical (unpaired) electrons. The maximum atomic E-state index is 13.6. The van der Waals surface area contributed by atoms with E-state index in [1.54, 1.807) is 22.9 Å². The summed E-state index contributed by atoms with van der Waals surface area (Å²) in [5, 5.41) is 2.99. The van der Waals surface area contributed by atoms with Crippen molar-refractivity contribution in [2.75, 3.05) is 20.1 Å². The van der Waals surface area contributed by atoms with E-state index in [1.165, 1.54) is 31.0 Å². The minimum Gasteiger partial charge on any atom is -0.457 e. The van der Waals surface area contributed by atoms with Gasteiger partial charge in [0.25, 0.3) is 0 Å². The molecule has 2 aromatic rings. The zero-order valence-electron chi connectivity index (χ0n) is 22.1. The van der Waals surface area contributed by atoms with Crippen LogP contribution in [0.4, 0.5) is 14.0 Å². The van der Waals surface area contributed by atoms with Gasteiger partial charge < -0.3 is 24.6 Å². The van der Waals surface area contributed by atoms with Crippen molar-refractivity contribution < 1.29 is 23.5 Å². The molecule has 206 valence electrons. The Morgan fingerprint density at radius 3 is 2.58 bits per heavy atom. The molecular formula is C28H34BrClFN3O4. The summed E-state index contributed by atoms with van der Waals surface area (Å²) in [4.78, 5) is 29.3. The molecular weight excluding hydrogens is 577 g/mol. The van der Waals surface area contributed by atoms with Crippen molar-refractivity contribution in [2.24, 2.45) is 11.8 Å². The summed E-state index contributed by atoms with van der Waals surface area (Å²) in [5.41, 5.74) is 0.185. The summed E-state index contributed by atoms with van der Waals surface area (Å²) in [7, 11) is 1.70. The standard InChI is InChI=1S/C28H34BrClFN3O4/c1-28(2,3)38-27(36)34-12-11-21(17-5-6-17)24(34)15-32-26(35)33(4)16-18-7-8-19(29)13-25(18)37-20-9-10-23(31)22(30)14-20/h7-10,13-14,17,21,24H,5-6,11-12,15-16H2,1-4H3,(H,32,35). The third-order valence-corrected chi connectivity index (χ3v) is 7.60. The molecule has 38 heavy (non-hydrogen) atoms. The summed E-state index contributed by atoms with van der Waals surface area (Å²) in [5.74, 6) is 1.34. The van der Waals surface area contributed by atoms with Crippen LogP contribution in [-0.4, -0.2) is 53.7 Å². The number of hydrogen-bond donors (Lipinski definition) is 1. The van der Waals surface area contributed by atoms with Crippen molar-refractivity contribution in [3.63, 3.8) is 0 Å². The second kappa shape index (κ2) is 11.7. The Hall–Kier alpha value is -2.52. The molecule has 1 aliphatic carbocycles. The molecule has 2 unspecified atom stereocenters. The van der Waals surface area contributed by atoms with E-state index in [9.17, 15) is 14.0 Å². The molecule has 1 aliphatic heterocycles. The molecule has 1 saturated carbocycles. The van der Waals surface area contributed by atoms with Gasteiger partial charge in [-0.25, -0.2) is 14.0 Å². The number of halogens is 3. The molecule has 2 fully saturated rings. The second-order valence-electron chi connectivity index (χ2n) is 11.0. The lowest BCUT2D eigenvalue weighted by Crippen LogP contribution is -2.49. The molecule has 7 nitrogen and oxygen atoms in total. The minimum atomic E-state index is -0.577. The van der Waals surface area contributed by atoms with Crippen LogP contribution in [0, 0.1) is 17.7 Å². The third kappa shape index (κ3) is 7.32. The van der Waals surface area contributed by atoms with Crippen molar-refractivity contribution in [2.45, 2.75) is 58.2 Å². The number of ether oxygens (including phenoxy) is 2. The molecule has 1 N–H and O–H groups in total. The summed E-state index contributed by atoms with van der Waals surface area (Å²) < 4.78 is 26.0. The van der Waals surface area contributed by atoms with Gasteiger partial charge in [0, 0.05) is 36.2 Å². The van der Waals surface area contributed by atoms with Gasteiger partial charge in [-0.3, -0.25) is 0 Å². The second-order valence-corrected chi connectivity index (χ2v) is 12.3. The van der Waals surface area contributed by atoms with E-state index in [-0.39, 0.29) is 29.7 Å². The number of nitrogens with zero attached hydrogens (tertiary/aromatic N) is 2. The van der Waals surface area contributed by atoms with Gasteiger partial charge in [0.2, 0.25) is 0 Å². The Morgan fingerprint density at radius 1 is 1.18 bits per heavy atom. The van der Waals surface area contributed by atoms with Crippen LogP contribution in [0.3, 0.4) is 0 Å². The van der Waals surface area contributed by atoms with Gasteiger partial charge in [-0.15, -0.1) is 0 Å². The van der Waals surface area contributed by atoms with Gasteiger partial charge in [0.15, 0.2) is 0 Å². The molecule has 2 atom stereocenters. The van der Waals surface area contributed by atoms with Crippen LogP contribution in [-0.2, 0) is 11.3 Å². The smallest absolute Gasteiger partial charge is 0.410 e. The first kappa shape index (κ1) is 28.5. The van der Waals surface area contributed by atoms with E-state index in [2.05, 4.69) is 21.2 Å². The zero-order valence-corrected chi connectivity index (χ0v) is 24.4. The van der Waals surface area contributed by atoms with Crippen LogP contribution in [0.2, 0.25) is 5.02 Å². The van der Waals surface area contributed by atoms with Crippen molar-refractivity contribution >= 4 is 39.7 Å². The number of amides is 3. The van der Waals surface area contributed by atoms with Crippen molar-refractivity contribution in [1.29, 1.82) is 0 Å². The summed E-state index contributed by atoms with van der Waals surface area (Å²) in [6, 6.07) is 9.31. The average molecular weight is 611 g/mol. The Kier molecular flexibility index (Phi) is 8.77. The highest BCUT2D eigenvalue weighted by Gasteiger charge is 2.45. The van der Waals surface area contributed by atoms with E-state index < -0.39 is 11.4 Å². The summed E-state index contributed by atoms with van der Waals surface area (Å²) >= 11 is 9.35. The number of carbonyl (C=O) groups is 2. The number of likely N-dealkylation sites (tertiary alicyclic amines) is 1. The Balaban J connectivity index is 1.40.